The number of nitriles is 1. The van der Waals surface area contributed by atoms with Gasteiger partial charge in [0.05, 0.1) is 16.9 Å². The van der Waals surface area contributed by atoms with Gasteiger partial charge in [0.15, 0.2) is 0 Å². The van der Waals surface area contributed by atoms with Crippen molar-refractivity contribution in [3.05, 3.63) is 65.5 Å². The van der Waals surface area contributed by atoms with E-state index in [2.05, 4.69) is 10.4 Å². The Morgan fingerprint density at radius 1 is 1.10 bits per heavy atom. The Kier molecular flexibility index (Phi) is 7.21. The van der Waals surface area contributed by atoms with Crippen LogP contribution in [0.15, 0.2) is 48.5 Å². The summed E-state index contributed by atoms with van der Waals surface area (Å²) in [6.45, 7) is 2.02. The number of benzene rings is 2. The first-order valence-corrected chi connectivity index (χ1v) is 10.3. The topological polar surface area (TPSA) is 79.7 Å². The van der Waals surface area contributed by atoms with E-state index in [4.69, 9.17) is 11.0 Å². The number of nitrogens with two attached hydrogens (primary N) is 1. The molecule has 0 amide bonds. The number of halogens is 1. The fourth-order valence-corrected chi connectivity index (χ4v) is 3.49. The number of aryl methyl sites for hydroxylation is 1. The molecule has 6 heteroatoms. The van der Waals surface area contributed by atoms with Gasteiger partial charge in [0.2, 0.25) is 0 Å². The van der Waals surface area contributed by atoms with Crippen LogP contribution in [0.5, 0.6) is 0 Å². The average Bonchev–Trinajstić information content (AvgIpc) is 3.20. The van der Waals surface area contributed by atoms with Gasteiger partial charge >= 0.3 is 0 Å². The molecule has 4 rings (SSSR count). The van der Waals surface area contributed by atoms with Crippen molar-refractivity contribution < 1.29 is 4.39 Å². The number of hydrogen-bond donors (Lipinski definition) is 2. The minimum absolute atomic E-state index is 0.0315. The molecule has 1 aromatic heterocycles. The highest BCUT2D eigenvalue weighted by Crippen LogP contribution is 2.27. The van der Waals surface area contributed by atoms with Crippen molar-refractivity contribution >= 4 is 5.82 Å². The zero-order chi connectivity index (χ0) is 21.5. The van der Waals surface area contributed by atoms with Crippen LogP contribution in [-0.2, 0) is 0 Å². The Hall–Kier alpha value is -3.17. The molecule has 0 unspecified atom stereocenters. The summed E-state index contributed by atoms with van der Waals surface area (Å²) in [5.41, 5.74) is 9.12. The lowest BCUT2D eigenvalue weighted by molar-refractivity contribution is 0.441. The molecule has 30 heavy (non-hydrogen) atoms. The summed E-state index contributed by atoms with van der Waals surface area (Å²) >= 11 is 0. The highest BCUT2D eigenvalue weighted by Gasteiger charge is 2.13. The molecule has 1 saturated carbocycles. The Morgan fingerprint density at radius 2 is 1.80 bits per heavy atom. The van der Waals surface area contributed by atoms with Crippen molar-refractivity contribution in [2.24, 2.45) is 5.73 Å². The molecule has 1 fully saturated rings. The summed E-state index contributed by atoms with van der Waals surface area (Å²) in [6.07, 6.45) is 6.66. The maximum atomic E-state index is 13.9. The number of nitrogens with one attached hydrogen (secondary N) is 1. The third-order valence-electron chi connectivity index (χ3n) is 5.28. The average molecular weight is 406 g/mol. The number of nitrogens with zero attached hydrogens (tertiary/aromatic N) is 3. The molecule has 3 N–H and O–H groups in total. The second kappa shape index (κ2) is 10.0. The van der Waals surface area contributed by atoms with E-state index in [0.717, 1.165) is 16.9 Å². The summed E-state index contributed by atoms with van der Waals surface area (Å²) < 4.78 is 15.7. The van der Waals surface area contributed by atoms with Gasteiger partial charge in [-0.15, -0.1) is 5.10 Å². The third kappa shape index (κ3) is 5.25. The highest BCUT2D eigenvalue weighted by atomic mass is 19.1. The summed E-state index contributed by atoms with van der Waals surface area (Å²) in [7, 11) is 1.78. The number of anilines is 1. The molecule has 0 aliphatic heterocycles. The van der Waals surface area contributed by atoms with Crippen LogP contribution in [0.1, 0.15) is 43.2 Å². The van der Waals surface area contributed by atoms with Crippen molar-refractivity contribution in [2.45, 2.75) is 45.1 Å². The standard InChI is InChI=1S/C18H15FN4.C6H13N/c1-12-3-7-15(8-4-12)23-17(10-18(21-2)22-23)13-5-6-14(11-20)16(19)9-13;7-6-4-2-1-3-5-6/h3-10H,1-2H3,(H,21,22);6H,1-5,7H2. The van der Waals surface area contributed by atoms with Crippen LogP contribution >= 0.6 is 0 Å². The highest BCUT2D eigenvalue weighted by molar-refractivity contribution is 5.67. The smallest absolute Gasteiger partial charge is 0.148 e. The summed E-state index contributed by atoms with van der Waals surface area (Å²) in [5, 5.41) is 16.4. The summed E-state index contributed by atoms with van der Waals surface area (Å²) in [6, 6.07) is 16.7. The second-order valence-electron chi connectivity index (χ2n) is 7.62. The van der Waals surface area contributed by atoms with Crippen LogP contribution in [0.3, 0.4) is 0 Å². The van der Waals surface area contributed by atoms with Crippen LogP contribution in [-0.4, -0.2) is 22.9 Å². The van der Waals surface area contributed by atoms with E-state index in [-0.39, 0.29) is 5.56 Å². The summed E-state index contributed by atoms with van der Waals surface area (Å²) in [4.78, 5) is 0. The predicted molar refractivity (Wildman–Crippen MR) is 119 cm³/mol. The van der Waals surface area contributed by atoms with Crippen LogP contribution in [0.2, 0.25) is 0 Å². The molecule has 5 nitrogen and oxygen atoms in total. The minimum Gasteiger partial charge on any atom is -0.372 e. The maximum absolute atomic E-state index is 13.9. The van der Waals surface area contributed by atoms with Gasteiger partial charge in [-0.25, -0.2) is 9.07 Å². The third-order valence-corrected chi connectivity index (χ3v) is 5.28. The lowest BCUT2D eigenvalue weighted by Crippen LogP contribution is -2.22. The SMILES string of the molecule is CNc1cc(-c2ccc(C#N)c(F)c2)n(-c2ccc(C)cc2)n1.NC1CCCCC1. The quantitative estimate of drug-likeness (QED) is 0.629. The zero-order valence-corrected chi connectivity index (χ0v) is 17.5. The van der Waals surface area contributed by atoms with E-state index in [1.165, 1.54) is 44.2 Å². The van der Waals surface area contributed by atoms with E-state index < -0.39 is 5.82 Å². The molecular weight excluding hydrogens is 377 g/mol. The fraction of sp³-hybridized carbons (Fsp3) is 0.333. The number of hydrogen-bond acceptors (Lipinski definition) is 4. The minimum atomic E-state index is -0.535. The first-order valence-electron chi connectivity index (χ1n) is 10.3. The maximum Gasteiger partial charge on any atom is 0.148 e. The van der Waals surface area contributed by atoms with Gasteiger partial charge in [-0.05, 0) is 44.0 Å². The molecule has 2 aromatic carbocycles. The Balaban J connectivity index is 0.000000310. The molecule has 3 aromatic rings. The predicted octanol–water partition coefficient (Wildman–Crippen LogP) is 5.18. The Morgan fingerprint density at radius 3 is 2.33 bits per heavy atom. The lowest BCUT2D eigenvalue weighted by Gasteiger charge is -2.15. The molecule has 0 saturated heterocycles. The molecule has 1 aliphatic carbocycles. The first-order chi connectivity index (χ1) is 14.5. The first kappa shape index (κ1) is 21.5. The lowest BCUT2D eigenvalue weighted by atomic mass is 9.97. The molecular formula is C24H28FN5. The van der Waals surface area contributed by atoms with Crippen molar-refractivity contribution in [3.8, 4) is 23.0 Å². The van der Waals surface area contributed by atoms with Crippen molar-refractivity contribution in [1.82, 2.24) is 9.78 Å². The van der Waals surface area contributed by atoms with Gasteiger partial charge in [0.25, 0.3) is 0 Å². The van der Waals surface area contributed by atoms with E-state index >= 15 is 0 Å². The molecule has 0 bridgehead atoms. The molecule has 156 valence electrons. The monoisotopic (exact) mass is 405 g/mol. The van der Waals surface area contributed by atoms with Gasteiger partial charge in [-0.2, -0.15) is 5.26 Å². The molecule has 1 aliphatic rings. The van der Waals surface area contributed by atoms with Crippen LogP contribution in [0, 0.1) is 24.1 Å². The van der Waals surface area contributed by atoms with Crippen LogP contribution < -0.4 is 11.1 Å². The summed E-state index contributed by atoms with van der Waals surface area (Å²) in [5.74, 6) is 0.151. The van der Waals surface area contributed by atoms with Gasteiger partial charge in [0.1, 0.15) is 17.7 Å². The van der Waals surface area contributed by atoms with Crippen molar-refractivity contribution in [3.63, 3.8) is 0 Å². The van der Waals surface area contributed by atoms with Gasteiger partial charge in [-0.1, -0.05) is 43.0 Å². The Bertz CT molecular complexity index is 1010. The molecule has 1 heterocycles. The van der Waals surface area contributed by atoms with E-state index in [1.807, 2.05) is 43.3 Å². The molecule has 0 spiro atoms. The second-order valence-corrected chi connectivity index (χ2v) is 7.62. The van der Waals surface area contributed by atoms with Gasteiger partial charge in [0, 0.05) is 24.7 Å². The molecule has 0 atom stereocenters. The fourth-order valence-electron chi connectivity index (χ4n) is 3.49. The van der Waals surface area contributed by atoms with Gasteiger partial charge < -0.3 is 11.1 Å². The van der Waals surface area contributed by atoms with E-state index in [9.17, 15) is 4.39 Å². The van der Waals surface area contributed by atoms with E-state index in [0.29, 0.717) is 17.4 Å². The van der Waals surface area contributed by atoms with Crippen LogP contribution in [0.25, 0.3) is 16.9 Å². The van der Waals surface area contributed by atoms with E-state index in [1.54, 1.807) is 17.8 Å². The van der Waals surface area contributed by atoms with Crippen molar-refractivity contribution in [2.75, 3.05) is 12.4 Å². The van der Waals surface area contributed by atoms with Crippen molar-refractivity contribution in [1.29, 1.82) is 5.26 Å². The van der Waals surface area contributed by atoms with Crippen LogP contribution in [0.4, 0.5) is 10.2 Å². The zero-order valence-electron chi connectivity index (χ0n) is 17.5. The molecule has 0 radical (unpaired) electrons. The Labute approximate surface area is 177 Å². The normalized spacial score (nSPS) is 13.8. The number of rotatable bonds is 3. The van der Waals surface area contributed by atoms with Gasteiger partial charge in [-0.3, -0.25) is 0 Å². The number of aromatic nitrogens is 2. The largest absolute Gasteiger partial charge is 0.372 e.